The SMILES string of the molecule is O=C(O)CC(CCP(=O)(OCc1ccccc1)OCc1ccccc1)C(=O)O. The number of carboxylic acids is 2. The second kappa shape index (κ2) is 10.8. The van der Waals surface area contributed by atoms with Gasteiger partial charge < -0.3 is 19.3 Å². The Hall–Kier alpha value is -2.47. The van der Waals surface area contributed by atoms with E-state index in [1.54, 1.807) is 0 Å². The molecule has 0 aliphatic carbocycles. The zero-order chi connectivity index (χ0) is 20.4. The summed E-state index contributed by atoms with van der Waals surface area (Å²) in [5.74, 6) is -3.64. The second-order valence-electron chi connectivity index (χ2n) is 6.27. The lowest BCUT2D eigenvalue weighted by Gasteiger charge is -2.20. The first-order chi connectivity index (χ1) is 13.4. The summed E-state index contributed by atoms with van der Waals surface area (Å²) in [7, 11) is -3.64. The van der Waals surface area contributed by atoms with Gasteiger partial charge >= 0.3 is 19.5 Å². The number of benzene rings is 2. The summed E-state index contributed by atoms with van der Waals surface area (Å²) in [6.07, 6.45) is -0.855. The molecule has 8 heteroatoms. The normalized spacial score (nSPS) is 12.4. The zero-order valence-electron chi connectivity index (χ0n) is 15.3. The van der Waals surface area contributed by atoms with Crippen LogP contribution in [0.3, 0.4) is 0 Å². The Balaban J connectivity index is 2.06. The van der Waals surface area contributed by atoms with Crippen LogP contribution in [0.4, 0.5) is 0 Å². The van der Waals surface area contributed by atoms with Crippen LogP contribution < -0.4 is 0 Å². The molecule has 0 amide bonds. The topological polar surface area (TPSA) is 110 Å². The van der Waals surface area contributed by atoms with Gasteiger partial charge in [0.15, 0.2) is 0 Å². The van der Waals surface area contributed by atoms with Crippen molar-refractivity contribution in [3.8, 4) is 0 Å². The number of rotatable bonds is 12. The van der Waals surface area contributed by atoms with Gasteiger partial charge in [-0.1, -0.05) is 60.7 Å². The molecular formula is C20H23O7P. The fraction of sp³-hybridized carbons (Fsp3) is 0.300. The first kappa shape index (κ1) is 21.8. The summed E-state index contributed by atoms with van der Waals surface area (Å²) in [5, 5.41) is 18.1. The predicted molar refractivity (Wildman–Crippen MR) is 103 cm³/mol. The molecule has 0 saturated heterocycles. The monoisotopic (exact) mass is 406 g/mol. The minimum absolute atomic E-state index is 0.0452. The Kier molecular flexibility index (Phi) is 8.39. The first-order valence-electron chi connectivity index (χ1n) is 8.78. The fourth-order valence-corrected chi connectivity index (χ4v) is 4.15. The molecule has 1 atom stereocenters. The molecule has 0 aromatic heterocycles. The van der Waals surface area contributed by atoms with Crippen LogP contribution in [0.25, 0.3) is 0 Å². The van der Waals surface area contributed by atoms with E-state index in [1.165, 1.54) is 0 Å². The third-order valence-corrected chi connectivity index (χ3v) is 5.91. The lowest BCUT2D eigenvalue weighted by molar-refractivity contribution is -0.148. The van der Waals surface area contributed by atoms with E-state index in [-0.39, 0.29) is 25.8 Å². The Labute approximate surface area is 163 Å². The van der Waals surface area contributed by atoms with Crippen LogP contribution in [-0.2, 0) is 36.4 Å². The van der Waals surface area contributed by atoms with E-state index in [4.69, 9.17) is 14.2 Å². The fourth-order valence-electron chi connectivity index (χ4n) is 2.50. The number of aliphatic carboxylic acids is 2. The molecule has 2 N–H and O–H groups in total. The molecule has 0 aliphatic heterocycles. The van der Waals surface area contributed by atoms with Crippen molar-refractivity contribution in [2.24, 2.45) is 5.92 Å². The van der Waals surface area contributed by atoms with Gasteiger partial charge in [0.1, 0.15) is 0 Å². The summed E-state index contributed by atoms with van der Waals surface area (Å²) >= 11 is 0. The van der Waals surface area contributed by atoms with Gasteiger partial charge in [-0.2, -0.15) is 0 Å². The molecule has 0 heterocycles. The smallest absolute Gasteiger partial charge is 0.331 e. The van der Waals surface area contributed by atoms with E-state index in [9.17, 15) is 19.3 Å². The van der Waals surface area contributed by atoms with Crippen LogP contribution in [0.5, 0.6) is 0 Å². The molecular weight excluding hydrogens is 383 g/mol. The lowest BCUT2D eigenvalue weighted by atomic mass is 10.0. The van der Waals surface area contributed by atoms with E-state index in [0.717, 1.165) is 11.1 Å². The average molecular weight is 406 g/mol. The third-order valence-electron chi connectivity index (χ3n) is 4.06. The first-order valence-corrected chi connectivity index (χ1v) is 10.5. The van der Waals surface area contributed by atoms with Crippen molar-refractivity contribution in [1.29, 1.82) is 0 Å². The van der Waals surface area contributed by atoms with Crippen LogP contribution in [0, 0.1) is 5.92 Å². The molecule has 2 rings (SSSR count). The van der Waals surface area contributed by atoms with Gasteiger partial charge in [0.05, 0.1) is 31.7 Å². The second-order valence-corrected chi connectivity index (χ2v) is 8.46. The number of hydrogen-bond donors (Lipinski definition) is 2. The van der Waals surface area contributed by atoms with Crippen LogP contribution in [0.2, 0.25) is 0 Å². The van der Waals surface area contributed by atoms with Gasteiger partial charge in [0.25, 0.3) is 0 Å². The quantitative estimate of drug-likeness (QED) is 0.509. The lowest BCUT2D eigenvalue weighted by Crippen LogP contribution is -2.19. The summed E-state index contributed by atoms with van der Waals surface area (Å²) in [6.45, 7) is 0.0904. The maximum Gasteiger partial charge on any atom is 0.331 e. The highest BCUT2D eigenvalue weighted by Crippen LogP contribution is 2.51. The molecule has 0 radical (unpaired) electrons. The van der Waals surface area contributed by atoms with E-state index in [0.29, 0.717) is 0 Å². The van der Waals surface area contributed by atoms with Crippen LogP contribution >= 0.6 is 7.60 Å². The number of hydrogen-bond acceptors (Lipinski definition) is 5. The van der Waals surface area contributed by atoms with Crippen molar-refractivity contribution in [3.63, 3.8) is 0 Å². The zero-order valence-corrected chi connectivity index (χ0v) is 16.2. The van der Waals surface area contributed by atoms with E-state index in [1.807, 2.05) is 60.7 Å². The van der Waals surface area contributed by atoms with Gasteiger partial charge in [-0.15, -0.1) is 0 Å². The van der Waals surface area contributed by atoms with Gasteiger partial charge in [-0.25, -0.2) is 0 Å². The largest absolute Gasteiger partial charge is 0.481 e. The molecule has 0 saturated carbocycles. The van der Waals surface area contributed by atoms with E-state index < -0.39 is 31.9 Å². The number of carbonyl (C=O) groups is 2. The van der Waals surface area contributed by atoms with Gasteiger partial charge in [-0.3, -0.25) is 14.2 Å². The van der Waals surface area contributed by atoms with Crippen LogP contribution in [-0.4, -0.2) is 28.3 Å². The highest BCUT2D eigenvalue weighted by Gasteiger charge is 2.30. The molecule has 0 bridgehead atoms. The average Bonchev–Trinajstić information content (AvgIpc) is 2.69. The molecule has 150 valence electrons. The van der Waals surface area contributed by atoms with Gasteiger partial charge in [-0.05, 0) is 17.5 Å². The number of carboxylic acid groups (broad SMARTS) is 2. The van der Waals surface area contributed by atoms with E-state index >= 15 is 0 Å². The van der Waals surface area contributed by atoms with Crippen molar-refractivity contribution in [1.82, 2.24) is 0 Å². The molecule has 0 spiro atoms. The Bertz CT molecular complexity index is 760. The highest BCUT2D eigenvalue weighted by atomic mass is 31.2. The van der Waals surface area contributed by atoms with Crippen LogP contribution in [0.15, 0.2) is 60.7 Å². The molecule has 28 heavy (non-hydrogen) atoms. The van der Waals surface area contributed by atoms with Crippen molar-refractivity contribution >= 4 is 19.5 Å². The summed E-state index contributed by atoms with van der Waals surface area (Å²) < 4.78 is 24.3. The van der Waals surface area contributed by atoms with Crippen molar-refractivity contribution in [3.05, 3.63) is 71.8 Å². The standard InChI is InChI=1S/C20H23O7P/c21-19(22)13-18(20(23)24)11-12-28(25,26-14-16-7-3-1-4-8-16)27-15-17-9-5-2-6-10-17/h1-10,18H,11-15H2,(H,21,22)(H,23,24). The van der Waals surface area contributed by atoms with Crippen molar-refractivity contribution < 1.29 is 33.4 Å². The molecule has 7 nitrogen and oxygen atoms in total. The Morgan fingerprint density at radius 1 is 0.857 bits per heavy atom. The van der Waals surface area contributed by atoms with Crippen molar-refractivity contribution in [2.45, 2.75) is 26.1 Å². The highest BCUT2D eigenvalue weighted by molar-refractivity contribution is 7.53. The third kappa shape index (κ3) is 7.64. The van der Waals surface area contributed by atoms with Gasteiger partial charge in [0.2, 0.25) is 0 Å². The molecule has 1 unspecified atom stereocenters. The Morgan fingerprint density at radius 3 is 1.71 bits per heavy atom. The molecule has 2 aromatic rings. The van der Waals surface area contributed by atoms with Crippen LogP contribution in [0.1, 0.15) is 24.0 Å². The Morgan fingerprint density at radius 2 is 1.32 bits per heavy atom. The maximum atomic E-state index is 13.2. The minimum Gasteiger partial charge on any atom is -0.481 e. The summed E-state index contributed by atoms with van der Waals surface area (Å²) in [4.78, 5) is 22.1. The van der Waals surface area contributed by atoms with E-state index in [2.05, 4.69) is 0 Å². The molecule has 0 fully saturated rings. The van der Waals surface area contributed by atoms with Gasteiger partial charge in [0, 0.05) is 0 Å². The maximum absolute atomic E-state index is 13.2. The molecule has 0 aliphatic rings. The minimum atomic E-state index is -3.64. The summed E-state index contributed by atoms with van der Waals surface area (Å²) in [6, 6.07) is 18.2. The predicted octanol–water partition coefficient (Wildman–Crippen LogP) is 4.18. The van der Waals surface area contributed by atoms with Crippen molar-refractivity contribution in [2.75, 3.05) is 6.16 Å². The summed E-state index contributed by atoms with van der Waals surface area (Å²) in [5.41, 5.74) is 1.60. The molecule has 2 aromatic carbocycles.